The Labute approximate surface area is 98.0 Å². The van der Waals surface area contributed by atoms with E-state index in [2.05, 4.69) is 0 Å². The van der Waals surface area contributed by atoms with Crippen LogP contribution >= 0.6 is 0 Å². The van der Waals surface area contributed by atoms with E-state index in [-0.39, 0.29) is 13.0 Å². The molecule has 2 nitrogen and oxygen atoms in total. The molecule has 1 atom stereocenters. The molecule has 1 aromatic rings. The molecule has 1 rings (SSSR count). The van der Waals surface area contributed by atoms with E-state index in [0.717, 1.165) is 5.56 Å². The molecule has 0 spiro atoms. The number of benzene rings is 1. The van der Waals surface area contributed by atoms with Crippen LogP contribution in [0, 0.1) is 0 Å². The predicted octanol–water partition coefficient (Wildman–Crippen LogP) is 3.46. The number of hydrogen-bond donors (Lipinski definition) is 1. The summed E-state index contributed by atoms with van der Waals surface area (Å²) >= 11 is 0. The number of halogens is 3. The van der Waals surface area contributed by atoms with E-state index in [1.807, 2.05) is 0 Å². The molecule has 0 bridgehead atoms. The molecular formula is C12H15F3O2. The minimum absolute atomic E-state index is 0.0353. The average molecular weight is 248 g/mol. The van der Waals surface area contributed by atoms with Crippen LogP contribution in [-0.2, 0) is 0 Å². The van der Waals surface area contributed by atoms with E-state index >= 15 is 0 Å². The van der Waals surface area contributed by atoms with Crippen molar-refractivity contribution in [2.24, 2.45) is 0 Å². The molecule has 0 aliphatic rings. The molecular weight excluding hydrogens is 233 g/mol. The zero-order valence-corrected chi connectivity index (χ0v) is 9.50. The van der Waals surface area contributed by atoms with Crippen molar-refractivity contribution in [1.29, 1.82) is 0 Å². The van der Waals surface area contributed by atoms with Gasteiger partial charge in [-0.2, -0.15) is 13.2 Å². The van der Waals surface area contributed by atoms with Crippen LogP contribution in [0.1, 0.15) is 31.4 Å². The van der Waals surface area contributed by atoms with Crippen molar-refractivity contribution in [2.75, 3.05) is 6.61 Å². The summed E-state index contributed by atoms with van der Waals surface area (Å²) in [5.41, 5.74) is 0.743. The minimum atomic E-state index is -4.13. The third-order valence-corrected chi connectivity index (χ3v) is 2.24. The Balaban J connectivity index is 2.33. The molecule has 0 saturated heterocycles. The van der Waals surface area contributed by atoms with Gasteiger partial charge < -0.3 is 9.84 Å². The van der Waals surface area contributed by atoms with Crippen LogP contribution < -0.4 is 4.74 Å². The highest BCUT2D eigenvalue weighted by molar-refractivity contribution is 5.28. The Kier molecular flexibility index (Phi) is 4.81. The molecule has 0 heterocycles. The first-order chi connectivity index (χ1) is 7.88. The molecule has 0 aliphatic heterocycles. The number of rotatable bonds is 5. The fourth-order valence-corrected chi connectivity index (χ4v) is 1.31. The Hall–Kier alpha value is -1.23. The fraction of sp³-hybridized carbons (Fsp3) is 0.500. The number of aliphatic hydroxyl groups is 1. The van der Waals surface area contributed by atoms with Gasteiger partial charge in [0.15, 0.2) is 0 Å². The van der Waals surface area contributed by atoms with Crippen LogP contribution in [0.2, 0.25) is 0 Å². The Bertz CT molecular complexity index is 331. The highest BCUT2D eigenvalue weighted by atomic mass is 19.4. The summed E-state index contributed by atoms with van der Waals surface area (Å²) in [4.78, 5) is 0. The van der Waals surface area contributed by atoms with Gasteiger partial charge in [-0.25, -0.2) is 0 Å². The quantitative estimate of drug-likeness (QED) is 0.808. The molecule has 1 aromatic carbocycles. The van der Waals surface area contributed by atoms with Gasteiger partial charge in [0.25, 0.3) is 0 Å². The summed E-state index contributed by atoms with van der Waals surface area (Å²) < 4.78 is 40.7. The zero-order chi connectivity index (χ0) is 12.9. The van der Waals surface area contributed by atoms with E-state index in [4.69, 9.17) is 4.74 Å². The molecule has 1 N–H and O–H groups in total. The minimum Gasteiger partial charge on any atom is -0.494 e. The van der Waals surface area contributed by atoms with E-state index in [1.165, 1.54) is 0 Å². The second-order valence-corrected chi connectivity index (χ2v) is 3.81. The largest absolute Gasteiger partial charge is 0.494 e. The SMILES string of the molecule is CC(O)c1ccc(OCCCC(F)(F)F)cc1. The van der Waals surface area contributed by atoms with Crippen LogP contribution in [-0.4, -0.2) is 17.9 Å². The smallest absolute Gasteiger partial charge is 0.389 e. The maximum Gasteiger partial charge on any atom is 0.389 e. The molecule has 0 aromatic heterocycles. The third kappa shape index (κ3) is 5.58. The number of ether oxygens (including phenoxy) is 1. The van der Waals surface area contributed by atoms with Gasteiger partial charge in [0.2, 0.25) is 0 Å². The first-order valence-corrected chi connectivity index (χ1v) is 5.36. The third-order valence-electron chi connectivity index (χ3n) is 2.24. The lowest BCUT2D eigenvalue weighted by molar-refractivity contribution is -0.136. The molecule has 0 saturated carbocycles. The topological polar surface area (TPSA) is 29.5 Å². The Morgan fingerprint density at radius 3 is 2.29 bits per heavy atom. The second kappa shape index (κ2) is 5.91. The van der Waals surface area contributed by atoms with E-state index < -0.39 is 18.7 Å². The summed E-state index contributed by atoms with van der Waals surface area (Å²) in [5, 5.41) is 9.25. The van der Waals surface area contributed by atoms with E-state index in [0.29, 0.717) is 5.75 Å². The molecule has 17 heavy (non-hydrogen) atoms. The molecule has 0 radical (unpaired) electrons. The van der Waals surface area contributed by atoms with Crippen LogP contribution in [0.25, 0.3) is 0 Å². The van der Waals surface area contributed by atoms with Gasteiger partial charge in [-0.15, -0.1) is 0 Å². The van der Waals surface area contributed by atoms with Gasteiger partial charge in [-0.3, -0.25) is 0 Å². The summed E-state index contributed by atoms with van der Waals surface area (Å²) in [6, 6.07) is 6.64. The monoisotopic (exact) mass is 248 g/mol. The predicted molar refractivity (Wildman–Crippen MR) is 57.9 cm³/mol. The molecule has 0 fully saturated rings. The molecule has 96 valence electrons. The molecule has 5 heteroatoms. The molecule has 0 aliphatic carbocycles. The van der Waals surface area contributed by atoms with Crippen molar-refractivity contribution in [1.82, 2.24) is 0 Å². The van der Waals surface area contributed by atoms with Crippen LogP contribution in [0.4, 0.5) is 13.2 Å². The first kappa shape index (κ1) is 13.8. The van der Waals surface area contributed by atoms with Crippen LogP contribution in [0.15, 0.2) is 24.3 Å². The summed E-state index contributed by atoms with van der Waals surface area (Å²) in [5.74, 6) is 0.511. The summed E-state index contributed by atoms with van der Waals surface area (Å²) in [6.07, 6.45) is -5.57. The lowest BCUT2D eigenvalue weighted by atomic mass is 10.1. The number of aliphatic hydroxyl groups excluding tert-OH is 1. The van der Waals surface area contributed by atoms with Gasteiger partial charge in [0.05, 0.1) is 12.7 Å². The lowest BCUT2D eigenvalue weighted by Crippen LogP contribution is -2.09. The van der Waals surface area contributed by atoms with Gasteiger partial charge in [-0.1, -0.05) is 12.1 Å². The van der Waals surface area contributed by atoms with Crippen molar-refractivity contribution >= 4 is 0 Å². The Morgan fingerprint density at radius 2 is 1.82 bits per heavy atom. The lowest BCUT2D eigenvalue weighted by Gasteiger charge is -2.09. The maximum atomic E-state index is 11.8. The summed E-state index contributed by atoms with van der Waals surface area (Å²) in [7, 11) is 0. The Morgan fingerprint density at radius 1 is 1.24 bits per heavy atom. The maximum absolute atomic E-state index is 11.8. The normalized spacial score (nSPS) is 13.5. The van der Waals surface area contributed by atoms with Gasteiger partial charge in [-0.05, 0) is 31.0 Å². The first-order valence-electron chi connectivity index (χ1n) is 5.36. The van der Waals surface area contributed by atoms with Crippen molar-refractivity contribution in [3.63, 3.8) is 0 Å². The second-order valence-electron chi connectivity index (χ2n) is 3.81. The van der Waals surface area contributed by atoms with Gasteiger partial charge >= 0.3 is 6.18 Å². The number of alkyl halides is 3. The zero-order valence-electron chi connectivity index (χ0n) is 9.50. The van der Waals surface area contributed by atoms with E-state index in [1.54, 1.807) is 31.2 Å². The van der Waals surface area contributed by atoms with Crippen molar-refractivity contribution in [2.45, 2.75) is 32.0 Å². The standard InChI is InChI=1S/C12H15F3O2/c1-9(16)10-3-5-11(6-4-10)17-8-2-7-12(13,14)15/h3-6,9,16H,2,7-8H2,1H3. The van der Waals surface area contributed by atoms with Crippen molar-refractivity contribution in [3.8, 4) is 5.75 Å². The van der Waals surface area contributed by atoms with Crippen molar-refractivity contribution in [3.05, 3.63) is 29.8 Å². The van der Waals surface area contributed by atoms with Crippen LogP contribution in [0.3, 0.4) is 0 Å². The van der Waals surface area contributed by atoms with Crippen LogP contribution in [0.5, 0.6) is 5.75 Å². The van der Waals surface area contributed by atoms with Gasteiger partial charge in [0.1, 0.15) is 5.75 Å². The summed E-state index contributed by atoms with van der Waals surface area (Å²) in [6.45, 7) is 1.67. The highest BCUT2D eigenvalue weighted by Gasteiger charge is 2.26. The number of hydrogen-bond acceptors (Lipinski definition) is 2. The van der Waals surface area contributed by atoms with Gasteiger partial charge in [0, 0.05) is 6.42 Å². The highest BCUT2D eigenvalue weighted by Crippen LogP contribution is 2.22. The average Bonchev–Trinajstić information content (AvgIpc) is 2.24. The molecule has 1 unspecified atom stereocenters. The fourth-order valence-electron chi connectivity index (χ4n) is 1.31. The van der Waals surface area contributed by atoms with E-state index in [9.17, 15) is 18.3 Å². The molecule has 0 amide bonds. The van der Waals surface area contributed by atoms with Crippen molar-refractivity contribution < 1.29 is 23.0 Å².